The van der Waals surface area contributed by atoms with Crippen LogP contribution < -0.4 is 19.9 Å². The van der Waals surface area contributed by atoms with Gasteiger partial charge in [0.2, 0.25) is 0 Å². The number of carbonyl (C=O) groups is 1. The summed E-state index contributed by atoms with van der Waals surface area (Å²) >= 11 is 1.21. The number of allylic oxidation sites excluding steroid dienone is 4. The van der Waals surface area contributed by atoms with Gasteiger partial charge in [0.25, 0.3) is 7.37 Å². The molecule has 1 atom stereocenters. The summed E-state index contributed by atoms with van der Waals surface area (Å²) in [5.74, 6) is 1.87. The first-order valence-electron chi connectivity index (χ1n) is 10.8. The maximum Gasteiger partial charge on any atom is 0.413 e. The summed E-state index contributed by atoms with van der Waals surface area (Å²) in [6.45, 7) is 4.02. The summed E-state index contributed by atoms with van der Waals surface area (Å²) in [5, 5.41) is 3.31. The van der Waals surface area contributed by atoms with Crippen LogP contribution in [0.4, 0.5) is 4.79 Å². The van der Waals surface area contributed by atoms with E-state index in [1.807, 2.05) is 62.4 Å². The number of carbonyl (C=O) groups excluding carboxylic acids is 1. The molecule has 34 heavy (non-hydrogen) atoms. The third-order valence-corrected chi connectivity index (χ3v) is 8.33. The van der Waals surface area contributed by atoms with E-state index in [9.17, 15) is 9.36 Å². The molecule has 0 bridgehead atoms. The fourth-order valence-corrected chi connectivity index (χ4v) is 6.47. The Balaban J connectivity index is 1.30. The highest BCUT2D eigenvalue weighted by Gasteiger charge is 2.40. The second kappa shape index (κ2) is 10.6. The molecule has 1 unspecified atom stereocenters. The highest BCUT2D eigenvalue weighted by atomic mass is 32.2. The van der Waals surface area contributed by atoms with Gasteiger partial charge in [0, 0.05) is 10.7 Å². The number of alkyl carbamates (subject to hydrolysis) is 1. The maximum atomic E-state index is 13.7. The summed E-state index contributed by atoms with van der Waals surface area (Å²) in [5.41, 5.74) is 0.675. The van der Waals surface area contributed by atoms with Crippen LogP contribution >= 0.6 is 19.3 Å². The Hall–Kier alpha value is -2.93. The van der Waals surface area contributed by atoms with Crippen LogP contribution in [-0.2, 0) is 14.0 Å². The predicted octanol–water partition coefficient (Wildman–Crippen LogP) is 5.66. The van der Waals surface area contributed by atoms with Gasteiger partial charge in [0.05, 0.1) is 18.4 Å². The third kappa shape index (κ3) is 5.76. The Morgan fingerprint density at radius 3 is 2.56 bits per heavy atom. The molecule has 1 heterocycles. The van der Waals surface area contributed by atoms with Crippen molar-refractivity contribution in [3.05, 3.63) is 96.2 Å². The second-order valence-corrected chi connectivity index (χ2v) is 11.7. The molecule has 1 aliphatic heterocycles. The Morgan fingerprint density at radius 1 is 1.12 bits per heavy atom. The van der Waals surface area contributed by atoms with Crippen molar-refractivity contribution in [3.63, 3.8) is 0 Å². The van der Waals surface area contributed by atoms with E-state index in [-0.39, 0.29) is 17.6 Å². The molecule has 1 aliphatic carbocycles. The van der Waals surface area contributed by atoms with E-state index in [2.05, 4.69) is 10.0 Å². The lowest BCUT2D eigenvalue weighted by Gasteiger charge is -2.21. The van der Waals surface area contributed by atoms with Crippen molar-refractivity contribution >= 4 is 30.7 Å². The van der Waals surface area contributed by atoms with Gasteiger partial charge in [-0.05, 0) is 42.3 Å². The first-order chi connectivity index (χ1) is 16.4. The van der Waals surface area contributed by atoms with Crippen molar-refractivity contribution in [1.29, 1.82) is 0 Å². The molecule has 0 spiro atoms. The lowest BCUT2D eigenvalue weighted by Crippen LogP contribution is -2.28. The average molecular weight is 499 g/mol. The van der Waals surface area contributed by atoms with Crippen molar-refractivity contribution in [2.75, 3.05) is 12.2 Å². The summed E-state index contributed by atoms with van der Waals surface area (Å²) in [6.07, 6.45) is 5.62. The first-order valence-corrected chi connectivity index (χ1v) is 13.6. The van der Waals surface area contributed by atoms with Gasteiger partial charge in [-0.2, -0.15) is 0 Å². The van der Waals surface area contributed by atoms with Gasteiger partial charge in [0.1, 0.15) is 5.75 Å². The number of rotatable bonds is 9. The molecule has 2 aromatic carbocycles. The first kappa shape index (κ1) is 24.2. The number of fused-ring (bicyclic) bond motifs is 1. The second-order valence-electron chi connectivity index (χ2n) is 8.43. The van der Waals surface area contributed by atoms with Crippen molar-refractivity contribution in [2.45, 2.75) is 20.3 Å². The number of amides is 1. The summed E-state index contributed by atoms with van der Waals surface area (Å²) in [4.78, 5) is 12.4. The summed E-state index contributed by atoms with van der Waals surface area (Å²) in [6, 6.07) is 18.2. The molecule has 1 amide bonds. The van der Waals surface area contributed by atoms with Gasteiger partial charge in [-0.25, -0.2) is 4.79 Å². The van der Waals surface area contributed by atoms with Crippen molar-refractivity contribution < 1.29 is 23.4 Å². The number of ether oxygens (including phenoxy) is 2. The highest BCUT2D eigenvalue weighted by Crippen LogP contribution is 2.47. The number of hydrogen-bond donors (Lipinski definition) is 2. The maximum absolute atomic E-state index is 13.7. The summed E-state index contributed by atoms with van der Waals surface area (Å²) in [7, 11) is -3.23. The topological polar surface area (TPSA) is 85.9 Å². The molecule has 9 heteroatoms. The van der Waals surface area contributed by atoms with Crippen molar-refractivity contribution in [3.8, 4) is 5.75 Å². The molecule has 7 nitrogen and oxygen atoms in total. The smallest absolute Gasteiger partial charge is 0.413 e. The standard InChI is InChI=1S/C25H27N2O5PS/c1-25(2)16-19-10-9-15-30-22(19)23(25)31-24(28)26-18-34-27-17-33(29,21-13-7-4-8-14-21)32-20-11-5-3-6-12-20/h3-15,27H,16-18H2,1-2H3,(H,26,28). The van der Waals surface area contributed by atoms with Gasteiger partial charge < -0.3 is 19.3 Å². The minimum atomic E-state index is -3.23. The Morgan fingerprint density at radius 2 is 1.82 bits per heavy atom. The number of benzene rings is 2. The van der Waals surface area contributed by atoms with E-state index < -0.39 is 13.5 Å². The van der Waals surface area contributed by atoms with Gasteiger partial charge in [0.15, 0.2) is 11.5 Å². The predicted molar refractivity (Wildman–Crippen MR) is 135 cm³/mol. The summed E-state index contributed by atoms with van der Waals surface area (Å²) < 4.78 is 33.8. The molecule has 0 radical (unpaired) electrons. The lowest BCUT2D eigenvalue weighted by molar-refractivity contribution is 0.148. The van der Waals surface area contributed by atoms with E-state index in [4.69, 9.17) is 14.0 Å². The zero-order valence-electron chi connectivity index (χ0n) is 19.0. The molecule has 2 aromatic rings. The Bertz CT molecular complexity index is 1160. The molecule has 0 aromatic heterocycles. The Kier molecular flexibility index (Phi) is 7.51. The van der Waals surface area contributed by atoms with Crippen LogP contribution in [0.1, 0.15) is 20.3 Å². The fourth-order valence-electron chi connectivity index (χ4n) is 3.69. The molecule has 2 N–H and O–H groups in total. The molecule has 178 valence electrons. The monoisotopic (exact) mass is 498 g/mol. The van der Waals surface area contributed by atoms with E-state index in [1.165, 1.54) is 11.9 Å². The van der Waals surface area contributed by atoms with Gasteiger partial charge >= 0.3 is 6.09 Å². The number of nitrogens with one attached hydrogen (secondary N) is 2. The zero-order valence-corrected chi connectivity index (χ0v) is 20.7. The molecular formula is C25H27N2O5PS. The molecule has 0 saturated heterocycles. The van der Waals surface area contributed by atoms with Gasteiger partial charge in [-0.15, -0.1) is 0 Å². The van der Waals surface area contributed by atoms with Crippen LogP contribution in [0.5, 0.6) is 5.75 Å². The van der Waals surface area contributed by atoms with Gasteiger partial charge in [-0.3, -0.25) is 9.29 Å². The normalized spacial score (nSPS) is 17.8. The van der Waals surface area contributed by atoms with E-state index >= 15 is 0 Å². The molecule has 0 saturated carbocycles. The van der Waals surface area contributed by atoms with Crippen molar-refractivity contribution in [1.82, 2.24) is 10.0 Å². The van der Waals surface area contributed by atoms with E-state index in [0.29, 0.717) is 22.6 Å². The number of hydrogen-bond acceptors (Lipinski definition) is 7. The third-order valence-electron chi connectivity index (χ3n) is 5.31. The minimum absolute atomic E-state index is 0.0873. The van der Waals surface area contributed by atoms with Crippen molar-refractivity contribution in [2.24, 2.45) is 5.41 Å². The van der Waals surface area contributed by atoms with Crippen LogP contribution in [0.3, 0.4) is 0 Å². The Labute approximate surface area is 203 Å². The fraction of sp³-hybridized carbons (Fsp3) is 0.240. The zero-order chi connectivity index (χ0) is 24.0. The van der Waals surface area contributed by atoms with Crippen LogP contribution in [0.25, 0.3) is 0 Å². The number of para-hydroxylation sites is 1. The molecule has 2 aliphatic rings. The minimum Gasteiger partial charge on any atom is -0.461 e. The van der Waals surface area contributed by atoms with Crippen LogP contribution in [0.2, 0.25) is 0 Å². The largest absolute Gasteiger partial charge is 0.461 e. The highest BCUT2D eigenvalue weighted by molar-refractivity contribution is 7.97. The molecule has 4 rings (SSSR count). The van der Waals surface area contributed by atoms with E-state index in [0.717, 1.165) is 12.0 Å². The van der Waals surface area contributed by atoms with E-state index in [1.54, 1.807) is 30.5 Å². The quantitative estimate of drug-likeness (QED) is 0.200. The van der Waals surface area contributed by atoms with Crippen LogP contribution in [-0.4, -0.2) is 18.3 Å². The lowest BCUT2D eigenvalue weighted by atomic mass is 9.90. The molecule has 0 fully saturated rings. The van der Waals surface area contributed by atoms with Crippen LogP contribution in [0.15, 0.2) is 96.2 Å². The van der Waals surface area contributed by atoms with Crippen LogP contribution in [0, 0.1) is 5.41 Å². The SMILES string of the molecule is CC1(C)CC2=CC=COC2=C1OC(=O)NCSNCP(=O)(Oc1ccccc1)c1ccccc1. The van der Waals surface area contributed by atoms with Gasteiger partial charge in [-0.1, -0.05) is 68.3 Å². The average Bonchev–Trinajstić information content (AvgIpc) is 3.09. The molecular weight excluding hydrogens is 471 g/mol.